The molecular formula is C11H20N4. The van der Waals surface area contributed by atoms with Gasteiger partial charge in [0, 0.05) is 6.54 Å². The third-order valence-corrected chi connectivity index (χ3v) is 3.26. The van der Waals surface area contributed by atoms with Gasteiger partial charge in [-0.25, -0.2) is 4.68 Å². The smallest absolute Gasteiger partial charge is 0.0725 e. The molecule has 0 spiro atoms. The minimum absolute atomic E-state index is 0.895. The third kappa shape index (κ3) is 2.78. The molecule has 0 aromatic carbocycles. The van der Waals surface area contributed by atoms with E-state index in [1.165, 1.54) is 38.0 Å². The number of aryl methyl sites for hydroxylation is 2. The van der Waals surface area contributed by atoms with Crippen LogP contribution in [-0.4, -0.2) is 28.1 Å². The van der Waals surface area contributed by atoms with Gasteiger partial charge in [-0.3, -0.25) is 0 Å². The highest BCUT2D eigenvalue weighted by Crippen LogP contribution is 2.18. The molecule has 0 atom stereocenters. The molecule has 0 saturated carbocycles. The van der Waals surface area contributed by atoms with Gasteiger partial charge >= 0.3 is 0 Å². The molecule has 4 nitrogen and oxygen atoms in total. The van der Waals surface area contributed by atoms with Crippen molar-refractivity contribution in [3.63, 3.8) is 0 Å². The number of piperidine rings is 1. The summed E-state index contributed by atoms with van der Waals surface area (Å²) in [4.78, 5) is 0. The molecule has 0 bridgehead atoms. The van der Waals surface area contributed by atoms with E-state index in [-0.39, 0.29) is 0 Å². The van der Waals surface area contributed by atoms with Crippen molar-refractivity contribution in [3.05, 3.63) is 11.9 Å². The van der Waals surface area contributed by atoms with Crippen molar-refractivity contribution in [3.8, 4) is 0 Å². The van der Waals surface area contributed by atoms with Crippen LogP contribution in [0.2, 0.25) is 0 Å². The Labute approximate surface area is 91.1 Å². The number of aromatic nitrogens is 3. The number of nitrogens with zero attached hydrogens (tertiary/aromatic N) is 3. The van der Waals surface area contributed by atoms with Crippen LogP contribution in [0.1, 0.15) is 31.9 Å². The fourth-order valence-corrected chi connectivity index (χ4v) is 2.26. The van der Waals surface area contributed by atoms with Gasteiger partial charge in [-0.05, 0) is 51.6 Å². The molecule has 4 heteroatoms. The molecule has 0 radical (unpaired) electrons. The van der Waals surface area contributed by atoms with Crippen LogP contribution in [0.25, 0.3) is 0 Å². The fraction of sp³-hybridized carbons (Fsp3) is 0.818. The van der Waals surface area contributed by atoms with Crippen molar-refractivity contribution in [1.82, 2.24) is 20.3 Å². The van der Waals surface area contributed by atoms with Crippen LogP contribution in [0.4, 0.5) is 0 Å². The average molecular weight is 208 g/mol. The standard InChI is InChI=1S/C11H20N4/c1-2-15-11(9-13-14-15)4-3-10-5-7-12-8-6-10/h9-10,12H,2-8H2,1H3. The van der Waals surface area contributed by atoms with E-state index in [0.29, 0.717) is 0 Å². The predicted molar refractivity (Wildman–Crippen MR) is 59.6 cm³/mol. The zero-order valence-corrected chi connectivity index (χ0v) is 9.45. The lowest BCUT2D eigenvalue weighted by Crippen LogP contribution is -2.28. The van der Waals surface area contributed by atoms with E-state index in [1.54, 1.807) is 0 Å². The summed E-state index contributed by atoms with van der Waals surface area (Å²) in [5.41, 5.74) is 1.29. The molecule has 2 heterocycles. The Morgan fingerprint density at radius 3 is 3.00 bits per heavy atom. The first-order chi connectivity index (χ1) is 7.40. The molecule has 84 valence electrons. The Balaban J connectivity index is 1.81. The normalized spacial score (nSPS) is 18.2. The molecular weight excluding hydrogens is 188 g/mol. The van der Waals surface area contributed by atoms with Gasteiger partial charge in [-0.2, -0.15) is 0 Å². The molecule has 1 saturated heterocycles. The number of hydrogen-bond donors (Lipinski definition) is 1. The first-order valence-electron chi connectivity index (χ1n) is 5.98. The highest BCUT2D eigenvalue weighted by Gasteiger charge is 2.13. The summed E-state index contributed by atoms with van der Waals surface area (Å²) in [6, 6.07) is 0. The second-order valence-corrected chi connectivity index (χ2v) is 4.27. The van der Waals surface area contributed by atoms with Crippen molar-refractivity contribution in [1.29, 1.82) is 0 Å². The second kappa shape index (κ2) is 5.26. The molecule has 1 aromatic rings. The summed E-state index contributed by atoms with van der Waals surface area (Å²) in [6.07, 6.45) is 6.98. The van der Waals surface area contributed by atoms with Gasteiger partial charge in [0.2, 0.25) is 0 Å². The zero-order chi connectivity index (χ0) is 10.5. The Bertz CT molecular complexity index is 289. The quantitative estimate of drug-likeness (QED) is 0.809. The highest BCUT2D eigenvalue weighted by atomic mass is 15.4. The van der Waals surface area contributed by atoms with Gasteiger partial charge in [0.1, 0.15) is 0 Å². The largest absolute Gasteiger partial charge is 0.317 e. The summed E-state index contributed by atoms with van der Waals surface area (Å²) in [5, 5.41) is 11.4. The molecule has 1 fully saturated rings. The molecule has 1 aromatic heterocycles. The summed E-state index contributed by atoms with van der Waals surface area (Å²) in [6.45, 7) is 5.43. The van der Waals surface area contributed by atoms with Crippen molar-refractivity contribution in [2.45, 2.75) is 39.2 Å². The summed E-state index contributed by atoms with van der Waals surface area (Å²) < 4.78 is 2.00. The molecule has 2 rings (SSSR count). The lowest BCUT2D eigenvalue weighted by atomic mass is 9.93. The van der Waals surface area contributed by atoms with Crippen molar-refractivity contribution < 1.29 is 0 Å². The highest BCUT2D eigenvalue weighted by molar-refractivity contribution is 4.94. The molecule has 1 aliphatic rings. The molecule has 0 unspecified atom stereocenters. The molecule has 0 aliphatic carbocycles. The van der Waals surface area contributed by atoms with Gasteiger partial charge in [0.25, 0.3) is 0 Å². The summed E-state index contributed by atoms with van der Waals surface area (Å²) in [5.74, 6) is 0.895. The number of nitrogens with one attached hydrogen (secondary N) is 1. The van der Waals surface area contributed by atoms with Crippen LogP contribution in [0.3, 0.4) is 0 Å². The maximum atomic E-state index is 4.05. The maximum Gasteiger partial charge on any atom is 0.0725 e. The third-order valence-electron chi connectivity index (χ3n) is 3.26. The van der Waals surface area contributed by atoms with Crippen molar-refractivity contribution in [2.75, 3.05) is 13.1 Å². The van der Waals surface area contributed by atoms with E-state index in [2.05, 4.69) is 22.6 Å². The Morgan fingerprint density at radius 1 is 1.47 bits per heavy atom. The second-order valence-electron chi connectivity index (χ2n) is 4.27. The van der Waals surface area contributed by atoms with Crippen molar-refractivity contribution >= 4 is 0 Å². The van der Waals surface area contributed by atoms with E-state index in [9.17, 15) is 0 Å². The first-order valence-corrected chi connectivity index (χ1v) is 5.98. The molecule has 0 amide bonds. The number of rotatable bonds is 4. The monoisotopic (exact) mass is 208 g/mol. The summed E-state index contributed by atoms with van der Waals surface area (Å²) in [7, 11) is 0. The minimum Gasteiger partial charge on any atom is -0.317 e. The average Bonchev–Trinajstić information content (AvgIpc) is 2.75. The lowest BCUT2D eigenvalue weighted by molar-refractivity contribution is 0.351. The molecule has 1 aliphatic heterocycles. The first kappa shape index (κ1) is 10.6. The minimum atomic E-state index is 0.895. The zero-order valence-electron chi connectivity index (χ0n) is 9.45. The van der Waals surface area contributed by atoms with E-state index in [4.69, 9.17) is 0 Å². The van der Waals surface area contributed by atoms with Crippen LogP contribution in [0.5, 0.6) is 0 Å². The van der Waals surface area contributed by atoms with Crippen LogP contribution in [0, 0.1) is 5.92 Å². The summed E-state index contributed by atoms with van der Waals surface area (Å²) >= 11 is 0. The topological polar surface area (TPSA) is 42.7 Å². The van der Waals surface area contributed by atoms with Crippen molar-refractivity contribution in [2.24, 2.45) is 5.92 Å². The predicted octanol–water partition coefficient (Wildman–Crippen LogP) is 1.23. The van der Waals surface area contributed by atoms with Gasteiger partial charge < -0.3 is 5.32 Å². The SMILES string of the molecule is CCn1nncc1CCC1CCNCC1. The van der Waals surface area contributed by atoms with Gasteiger partial charge in [-0.1, -0.05) is 5.21 Å². The Kier molecular flexibility index (Phi) is 3.72. The van der Waals surface area contributed by atoms with E-state index >= 15 is 0 Å². The Morgan fingerprint density at radius 2 is 2.27 bits per heavy atom. The van der Waals surface area contributed by atoms with E-state index in [0.717, 1.165) is 18.9 Å². The van der Waals surface area contributed by atoms with Crippen LogP contribution in [-0.2, 0) is 13.0 Å². The number of hydrogen-bond acceptors (Lipinski definition) is 3. The van der Waals surface area contributed by atoms with Gasteiger partial charge in [-0.15, -0.1) is 5.10 Å². The lowest BCUT2D eigenvalue weighted by Gasteiger charge is -2.22. The van der Waals surface area contributed by atoms with Crippen LogP contribution in [0.15, 0.2) is 6.20 Å². The Hall–Kier alpha value is -0.900. The van der Waals surface area contributed by atoms with Crippen LogP contribution < -0.4 is 5.32 Å². The molecule has 1 N–H and O–H groups in total. The maximum absolute atomic E-state index is 4.05. The van der Waals surface area contributed by atoms with Crippen LogP contribution >= 0.6 is 0 Å². The fourth-order valence-electron chi connectivity index (χ4n) is 2.26. The van der Waals surface area contributed by atoms with E-state index in [1.807, 2.05) is 10.9 Å². The molecule has 15 heavy (non-hydrogen) atoms. The van der Waals surface area contributed by atoms with Gasteiger partial charge in [0.05, 0.1) is 11.9 Å². The van der Waals surface area contributed by atoms with E-state index < -0.39 is 0 Å². The van der Waals surface area contributed by atoms with Gasteiger partial charge in [0.15, 0.2) is 0 Å².